The molecule has 2 nitrogen and oxygen atoms in total. The summed E-state index contributed by atoms with van der Waals surface area (Å²) in [5, 5.41) is 9.44. The molecular formula is C11H12O2. The third kappa shape index (κ3) is 1.32. The molecule has 0 spiro atoms. The van der Waals surface area contributed by atoms with E-state index in [-0.39, 0.29) is 11.5 Å². The Morgan fingerprint density at radius 2 is 2.08 bits per heavy atom. The van der Waals surface area contributed by atoms with Crippen molar-refractivity contribution < 1.29 is 9.90 Å². The molecule has 68 valence electrons. The summed E-state index contributed by atoms with van der Waals surface area (Å²) in [5.41, 5.74) is 2.66. The van der Waals surface area contributed by atoms with Crippen LogP contribution in [0.15, 0.2) is 12.1 Å². The van der Waals surface area contributed by atoms with Gasteiger partial charge in [-0.25, -0.2) is 0 Å². The van der Waals surface area contributed by atoms with Gasteiger partial charge in [0.2, 0.25) is 0 Å². The van der Waals surface area contributed by atoms with Gasteiger partial charge in [-0.15, -0.1) is 0 Å². The van der Waals surface area contributed by atoms with Crippen LogP contribution in [0.2, 0.25) is 0 Å². The normalized spacial score (nSPS) is 15.6. The highest BCUT2D eigenvalue weighted by atomic mass is 16.3. The minimum atomic E-state index is 0.163. The van der Waals surface area contributed by atoms with Crippen LogP contribution in [0.25, 0.3) is 0 Å². The Morgan fingerprint density at radius 1 is 1.31 bits per heavy atom. The predicted molar refractivity (Wildman–Crippen MR) is 50.1 cm³/mol. The van der Waals surface area contributed by atoms with Gasteiger partial charge >= 0.3 is 0 Å². The molecule has 1 aliphatic rings. The van der Waals surface area contributed by atoms with E-state index in [1.165, 1.54) is 0 Å². The van der Waals surface area contributed by atoms with Crippen LogP contribution in [-0.4, -0.2) is 10.9 Å². The monoisotopic (exact) mass is 176 g/mol. The van der Waals surface area contributed by atoms with Crippen LogP contribution in [0.5, 0.6) is 5.75 Å². The van der Waals surface area contributed by atoms with Crippen LogP contribution in [0.3, 0.4) is 0 Å². The van der Waals surface area contributed by atoms with Crippen LogP contribution in [0, 0.1) is 6.92 Å². The highest BCUT2D eigenvalue weighted by molar-refractivity contribution is 5.98. The van der Waals surface area contributed by atoms with Crippen molar-refractivity contribution in [1.29, 1.82) is 0 Å². The van der Waals surface area contributed by atoms with Gasteiger partial charge in [-0.3, -0.25) is 4.79 Å². The number of phenolic OH excluding ortho intramolecular Hbond substituents is 1. The molecule has 0 fully saturated rings. The van der Waals surface area contributed by atoms with Crippen molar-refractivity contribution in [3.8, 4) is 5.75 Å². The predicted octanol–water partition coefficient (Wildman–Crippen LogP) is 2.22. The first-order chi connectivity index (χ1) is 6.18. The zero-order valence-corrected chi connectivity index (χ0v) is 7.63. The van der Waals surface area contributed by atoms with Crippen molar-refractivity contribution >= 4 is 5.78 Å². The minimum absolute atomic E-state index is 0.163. The molecule has 0 bridgehead atoms. The minimum Gasteiger partial charge on any atom is -0.508 e. The number of ketones is 1. The molecule has 2 rings (SSSR count). The van der Waals surface area contributed by atoms with Gasteiger partial charge in [-0.05, 0) is 37.0 Å². The van der Waals surface area contributed by atoms with Gasteiger partial charge in [0.15, 0.2) is 5.78 Å². The van der Waals surface area contributed by atoms with Crippen LogP contribution in [0.1, 0.15) is 34.3 Å². The molecule has 1 aromatic carbocycles. The summed E-state index contributed by atoms with van der Waals surface area (Å²) < 4.78 is 0. The fourth-order valence-electron chi connectivity index (χ4n) is 1.80. The van der Waals surface area contributed by atoms with Crippen LogP contribution < -0.4 is 0 Å². The first-order valence-corrected chi connectivity index (χ1v) is 4.54. The lowest BCUT2D eigenvalue weighted by Crippen LogP contribution is -2.10. The van der Waals surface area contributed by atoms with E-state index in [9.17, 15) is 9.90 Å². The molecule has 1 aliphatic carbocycles. The Hall–Kier alpha value is -1.31. The highest BCUT2D eigenvalue weighted by Gasteiger charge is 2.18. The van der Waals surface area contributed by atoms with E-state index in [2.05, 4.69) is 0 Å². The first-order valence-electron chi connectivity index (χ1n) is 4.54. The molecule has 0 heterocycles. The molecule has 13 heavy (non-hydrogen) atoms. The van der Waals surface area contributed by atoms with E-state index in [1.54, 1.807) is 6.07 Å². The van der Waals surface area contributed by atoms with Gasteiger partial charge in [-0.2, -0.15) is 0 Å². The van der Waals surface area contributed by atoms with Gasteiger partial charge in [-0.1, -0.05) is 6.07 Å². The van der Waals surface area contributed by atoms with E-state index in [0.717, 1.165) is 24.0 Å². The molecule has 2 heteroatoms. The summed E-state index contributed by atoms with van der Waals surface area (Å²) in [5.74, 6) is 0.394. The van der Waals surface area contributed by atoms with Crippen molar-refractivity contribution in [3.63, 3.8) is 0 Å². The van der Waals surface area contributed by atoms with E-state index < -0.39 is 0 Å². The van der Waals surface area contributed by atoms with Crippen molar-refractivity contribution in [1.82, 2.24) is 0 Å². The number of phenols is 1. The average molecular weight is 176 g/mol. The summed E-state index contributed by atoms with van der Waals surface area (Å²) in [6, 6.07) is 3.52. The Balaban J connectivity index is 2.58. The van der Waals surface area contributed by atoms with Crippen molar-refractivity contribution in [2.45, 2.75) is 26.2 Å². The molecule has 0 saturated heterocycles. The van der Waals surface area contributed by atoms with Crippen molar-refractivity contribution in [2.24, 2.45) is 0 Å². The van der Waals surface area contributed by atoms with Crippen molar-refractivity contribution in [3.05, 3.63) is 28.8 Å². The van der Waals surface area contributed by atoms with Gasteiger partial charge < -0.3 is 5.11 Å². The van der Waals surface area contributed by atoms with Gasteiger partial charge in [0.1, 0.15) is 5.75 Å². The molecule has 0 aromatic heterocycles. The number of fused-ring (bicyclic) bond motifs is 1. The molecule has 0 saturated carbocycles. The molecule has 0 atom stereocenters. The summed E-state index contributed by atoms with van der Waals surface area (Å²) in [7, 11) is 0. The molecule has 0 radical (unpaired) electrons. The Labute approximate surface area is 77.2 Å². The van der Waals surface area contributed by atoms with Gasteiger partial charge in [0.25, 0.3) is 0 Å². The quantitative estimate of drug-likeness (QED) is 0.658. The maximum Gasteiger partial charge on any atom is 0.163 e. The fraction of sp³-hybridized carbons (Fsp3) is 0.364. The zero-order valence-electron chi connectivity index (χ0n) is 7.63. The Bertz CT molecular complexity index is 367. The largest absolute Gasteiger partial charge is 0.508 e. The van der Waals surface area contributed by atoms with Crippen molar-refractivity contribution in [2.75, 3.05) is 0 Å². The number of hydrogen-bond acceptors (Lipinski definition) is 2. The number of Topliss-reactive ketones (excluding diaryl/α,β-unsaturated/α-hetero) is 1. The first kappa shape index (κ1) is 8.30. The number of benzene rings is 1. The number of carbonyl (C=O) groups excluding carboxylic acids is 1. The summed E-state index contributed by atoms with van der Waals surface area (Å²) in [4.78, 5) is 11.4. The number of rotatable bonds is 0. The van der Waals surface area contributed by atoms with Gasteiger partial charge in [0, 0.05) is 12.0 Å². The number of hydrogen-bond donors (Lipinski definition) is 1. The van der Waals surface area contributed by atoms with Crippen LogP contribution in [0.4, 0.5) is 0 Å². The second-order valence-electron chi connectivity index (χ2n) is 3.57. The van der Waals surface area contributed by atoms with E-state index >= 15 is 0 Å². The fourth-order valence-corrected chi connectivity index (χ4v) is 1.80. The third-order valence-electron chi connectivity index (χ3n) is 2.57. The number of aryl methyl sites for hydroxylation is 2. The lowest BCUT2D eigenvalue weighted by Gasteiger charge is -2.15. The summed E-state index contributed by atoms with van der Waals surface area (Å²) in [6.07, 6.45) is 2.52. The van der Waals surface area contributed by atoms with E-state index in [0.29, 0.717) is 12.0 Å². The molecule has 0 aliphatic heterocycles. The maximum absolute atomic E-state index is 11.4. The van der Waals surface area contributed by atoms with Crippen LogP contribution in [-0.2, 0) is 6.42 Å². The molecule has 0 amide bonds. The number of carbonyl (C=O) groups is 1. The maximum atomic E-state index is 11.4. The topological polar surface area (TPSA) is 37.3 Å². The Kier molecular flexibility index (Phi) is 1.83. The standard InChI is InChI=1S/C11H12O2/c1-7-5-8-3-2-4-10(12)9(8)6-11(7)13/h5-6,13H,2-4H2,1H3. The summed E-state index contributed by atoms with van der Waals surface area (Å²) in [6.45, 7) is 1.86. The third-order valence-corrected chi connectivity index (χ3v) is 2.57. The number of aromatic hydroxyl groups is 1. The lowest BCUT2D eigenvalue weighted by molar-refractivity contribution is 0.0972. The second kappa shape index (κ2) is 2.87. The zero-order chi connectivity index (χ0) is 9.42. The van der Waals surface area contributed by atoms with Crippen LogP contribution >= 0.6 is 0 Å². The summed E-state index contributed by atoms with van der Waals surface area (Å²) >= 11 is 0. The smallest absolute Gasteiger partial charge is 0.163 e. The average Bonchev–Trinajstić information content (AvgIpc) is 2.09. The second-order valence-corrected chi connectivity index (χ2v) is 3.57. The van der Waals surface area contributed by atoms with E-state index in [1.807, 2.05) is 13.0 Å². The lowest BCUT2D eigenvalue weighted by atomic mass is 9.89. The molecule has 1 aromatic rings. The van der Waals surface area contributed by atoms with Gasteiger partial charge in [0.05, 0.1) is 0 Å². The Morgan fingerprint density at radius 3 is 2.85 bits per heavy atom. The molecule has 0 unspecified atom stereocenters. The highest BCUT2D eigenvalue weighted by Crippen LogP contribution is 2.27. The molecular weight excluding hydrogens is 164 g/mol. The molecule has 1 N–H and O–H groups in total. The van der Waals surface area contributed by atoms with E-state index in [4.69, 9.17) is 0 Å². The SMILES string of the molecule is Cc1cc2c(cc1O)C(=O)CCC2.